The number of carbonyl (C=O) groups is 3. The third-order valence-electron chi connectivity index (χ3n) is 5.03. The number of amides is 2. The van der Waals surface area contributed by atoms with Gasteiger partial charge in [-0.25, -0.2) is 0 Å². The molecular weight excluding hydrogens is 460 g/mol. The van der Waals surface area contributed by atoms with E-state index in [1.807, 2.05) is 18.2 Å². The number of ether oxygens (including phenoxy) is 6. The van der Waals surface area contributed by atoms with Crippen LogP contribution in [0, 0.1) is 0 Å². The number of hydrogen-bond donors (Lipinski definition) is 2. The normalized spacial score (nSPS) is 11.7. The van der Waals surface area contributed by atoms with Crippen molar-refractivity contribution in [3.05, 3.63) is 41.5 Å². The highest BCUT2D eigenvalue weighted by atomic mass is 16.6. The van der Waals surface area contributed by atoms with Crippen molar-refractivity contribution in [2.75, 3.05) is 54.2 Å². The van der Waals surface area contributed by atoms with Gasteiger partial charge in [-0.15, -0.1) is 0 Å². The SMILES string of the molecule is COc1cc(C(=O)NCC(=O)OCC(=O)NCCc2ccc3c(c2)OCCO3)cc(OC)c1OC. The molecule has 188 valence electrons. The largest absolute Gasteiger partial charge is 0.493 e. The first-order chi connectivity index (χ1) is 16.9. The zero-order valence-electron chi connectivity index (χ0n) is 19.8. The summed E-state index contributed by atoms with van der Waals surface area (Å²) in [6.45, 7) is 0.505. The van der Waals surface area contributed by atoms with Gasteiger partial charge in [0.2, 0.25) is 5.75 Å². The molecule has 1 aliphatic heterocycles. The molecule has 0 saturated carbocycles. The summed E-state index contributed by atoms with van der Waals surface area (Å²) in [4.78, 5) is 36.3. The Morgan fingerprint density at radius 3 is 2.23 bits per heavy atom. The maximum atomic E-state index is 12.4. The Kier molecular flexibility index (Phi) is 8.99. The summed E-state index contributed by atoms with van der Waals surface area (Å²) >= 11 is 0. The van der Waals surface area contributed by atoms with E-state index >= 15 is 0 Å². The minimum atomic E-state index is -0.757. The summed E-state index contributed by atoms with van der Waals surface area (Å²) in [6, 6.07) is 8.52. The Hall–Kier alpha value is -4.15. The molecule has 0 atom stereocenters. The fraction of sp³-hybridized carbons (Fsp3) is 0.375. The van der Waals surface area contributed by atoms with Crippen LogP contribution in [-0.4, -0.2) is 72.0 Å². The van der Waals surface area contributed by atoms with Crippen molar-refractivity contribution in [1.82, 2.24) is 10.6 Å². The average Bonchev–Trinajstić information content (AvgIpc) is 2.89. The van der Waals surface area contributed by atoms with Crippen LogP contribution in [-0.2, 0) is 20.7 Å². The maximum Gasteiger partial charge on any atom is 0.325 e. The Morgan fingerprint density at radius 1 is 0.886 bits per heavy atom. The molecule has 1 heterocycles. The van der Waals surface area contributed by atoms with Crippen LogP contribution in [0.1, 0.15) is 15.9 Å². The third kappa shape index (κ3) is 6.92. The Labute approximate surface area is 202 Å². The molecule has 0 aliphatic carbocycles. The maximum absolute atomic E-state index is 12.4. The van der Waals surface area contributed by atoms with E-state index in [1.165, 1.54) is 33.5 Å². The summed E-state index contributed by atoms with van der Waals surface area (Å²) in [5.74, 6) is 0.562. The van der Waals surface area contributed by atoms with Crippen LogP contribution >= 0.6 is 0 Å². The highest BCUT2D eigenvalue weighted by molar-refractivity contribution is 5.97. The minimum Gasteiger partial charge on any atom is -0.493 e. The first-order valence-corrected chi connectivity index (χ1v) is 10.8. The molecule has 2 aromatic carbocycles. The Bertz CT molecular complexity index is 1050. The van der Waals surface area contributed by atoms with Crippen LogP contribution in [0.15, 0.2) is 30.3 Å². The number of methoxy groups -OCH3 is 3. The number of carbonyl (C=O) groups excluding carboxylic acids is 3. The third-order valence-corrected chi connectivity index (χ3v) is 5.03. The quantitative estimate of drug-likeness (QED) is 0.447. The van der Waals surface area contributed by atoms with E-state index in [4.69, 9.17) is 28.4 Å². The second kappa shape index (κ2) is 12.4. The molecule has 3 rings (SSSR count). The van der Waals surface area contributed by atoms with Gasteiger partial charge in [0.1, 0.15) is 19.8 Å². The summed E-state index contributed by atoms with van der Waals surface area (Å²) in [6.07, 6.45) is 0.571. The Balaban J connectivity index is 1.39. The monoisotopic (exact) mass is 488 g/mol. The van der Waals surface area contributed by atoms with Crippen molar-refractivity contribution in [3.63, 3.8) is 0 Å². The van der Waals surface area contributed by atoms with Crippen molar-refractivity contribution in [2.24, 2.45) is 0 Å². The van der Waals surface area contributed by atoms with E-state index in [2.05, 4.69) is 10.6 Å². The fourth-order valence-electron chi connectivity index (χ4n) is 3.30. The molecule has 0 bridgehead atoms. The van der Waals surface area contributed by atoms with E-state index in [0.717, 1.165) is 5.56 Å². The highest BCUT2D eigenvalue weighted by Crippen LogP contribution is 2.38. The molecule has 0 unspecified atom stereocenters. The van der Waals surface area contributed by atoms with E-state index in [1.54, 1.807) is 0 Å². The number of fused-ring (bicyclic) bond motifs is 1. The lowest BCUT2D eigenvalue weighted by Gasteiger charge is -2.18. The van der Waals surface area contributed by atoms with E-state index < -0.39 is 30.9 Å². The summed E-state index contributed by atoms with van der Waals surface area (Å²) < 4.78 is 31.6. The van der Waals surface area contributed by atoms with Crippen LogP contribution in [0.2, 0.25) is 0 Å². The van der Waals surface area contributed by atoms with Gasteiger partial charge >= 0.3 is 5.97 Å². The molecule has 0 saturated heterocycles. The average molecular weight is 488 g/mol. The number of rotatable bonds is 11. The molecule has 11 nitrogen and oxygen atoms in total. The van der Waals surface area contributed by atoms with Gasteiger partial charge in [-0.1, -0.05) is 6.07 Å². The van der Waals surface area contributed by atoms with E-state index in [0.29, 0.717) is 54.9 Å². The first kappa shape index (κ1) is 25.5. The van der Waals surface area contributed by atoms with Gasteiger partial charge in [-0.05, 0) is 36.2 Å². The van der Waals surface area contributed by atoms with E-state index in [9.17, 15) is 14.4 Å². The lowest BCUT2D eigenvalue weighted by molar-refractivity contribution is -0.147. The molecule has 0 aromatic heterocycles. The summed E-state index contributed by atoms with van der Waals surface area (Å²) in [5.41, 5.74) is 1.17. The van der Waals surface area contributed by atoms with Crippen LogP contribution in [0.4, 0.5) is 0 Å². The molecule has 0 fully saturated rings. The molecule has 35 heavy (non-hydrogen) atoms. The lowest BCUT2D eigenvalue weighted by Crippen LogP contribution is -2.34. The smallest absolute Gasteiger partial charge is 0.325 e. The standard InChI is InChI=1S/C24H28N2O9/c1-30-19-11-16(12-20(31-2)23(19)32-3)24(29)26-13-22(28)35-14-21(27)25-7-6-15-4-5-17-18(10-15)34-9-8-33-17/h4-5,10-12H,6-9,13-14H2,1-3H3,(H,25,27)(H,26,29). The van der Waals surface area contributed by atoms with Gasteiger partial charge in [-0.3, -0.25) is 14.4 Å². The van der Waals surface area contributed by atoms with Crippen molar-refractivity contribution in [3.8, 4) is 28.7 Å². The van der Waals surface area contributed by atoms with Crippen LogP contribution in [0.3, 0.4) is 0 Å². The lowest BCUT2D eigenvalue weighted by atomic mass is 10.1. The fourth-order valence-corrected chi connectivity index (χ4v) is 3.30. The predicted octanol–water partition coefficient (Wildman–Crippen LogP) is 1.12. The second-order valence-electron chi connectivity index (χ2n) is 7.34. The highest BCUT2D eigenvalue weighted by Gasteiger charge is 2.18. The van der Waals surface area contributed by atoms with Crippen LogP contribution in [0.25, 0.3) is 0 Å². The minimum absolute atomic E-state index is 0.198. The van der Waals surface area contributed by atoms with Gasteiger partial charge in [0.05, 0.1) is 21.3 Å². The summed E-state index contributed by atoms with van der Waals surface area (Å²) in [7, 11) is 4.31. The molecule has 11 heteroatoms. The topological polar surface area (TPSA) is 131 Å². The number of benzene rings is 2. The Morgan fingerprint density at radius 2 is 1.57 bits per heavy atom. The molecule has 0 radical (unpaired) electrons. The molecule has 2 aromatic rings. The van der Waals surface area contributed by atoms with Crippen LogP contribution < -0.4 is 34.3 Å². The zero-order chi connectivity index (χ0) is 25.2. The molecule has 0 spiro atoms. The predicted molar refractivity (Wildman–Crippen MR) is 124 cm³/mol. The molecule has 2 amide bonds. The molecular formula is C24H28N2O9. The molecule has 2 N–H and O–H groups in total. The van der Waals surface area contributed by atoms with Crippen molar-refractivity contribution in [2.45, 2.75) is 6.42 Å². The van der Waals surface area contributed by atoms with Crippen LogP contribution in [0.5, 0.6) is 28.7 Å². The van der Waals surface area contributed by atoms with Crippen molar-refractivity contribution in [1.29, 1.82) is 0 Å². The van der Waals surface area contributed by atoms with Crippen molar-refractivity contribution < 1.29 is 42.8 Å². The number of nitrogens with one attached hydrogen (secondary N) is 2. The first-order valence-electron chi connectivity index (χ1n) is 10.8. The van der Waals surface area contributed by atoms with Gasteiger partial charge in [0.25, 0.3) is 11.8 Å². The zero-order valence-corrected chi connectivity index (χ0v) is 19.8. The van der Waals surface area contributed by atoms with Gasteiger partial charge in [0.15, 0.2) is 29.6 Å². The number of esters is 1. The number of hydrogen-bond acceptors (Lipinski definition) is 9. The van der Waals surface area contributed by atoms with E-state index in [-0.39, 0.29) is 5.56 Å². The summed E-state index contributed by atoms with van der Waals surface area (Å²) in [5, 5.41) is 5.11. The van der Waals surface area contributed by atoms with Gasteiger partial charge < -0.3 is 39.1 Å². The molecule has 1 aliphatic rings. The van der Waals surface area contributed by atoms with Gasteiger partial charge in [-0.2, -0.15) is 0 Å². The van der Waals surface area contributed by atoms with Gasteiger partial charge in [0, 0.05) is 12.1 Å². The second-order valence-corrected chi connectivity index (χ2v) is 7.34. The van der Waals surface area contributed by atoms with Crippen molar-refractivity contribution >= 4 is 17.8 Å².